The van der Waals surface area contributed by atoms with Gasteiger partial charge in [-0.05, 0) is 61.4 Å². The first-order chi connectivity index (χ1) is 13.5. The van der Waals surface area contributed by atoms with Crippen molar-refractivity contribution in [3.05, 3.63) is 54.1 Å². The molecule has 0 aromatic heterocycles. The van der Waals surface area contributed by atoms with E-state index < -0.39 is 10.0 Å². The number of anilines is 2. The van der Waals surface area contributed by atoms with Gasteiger partial charge in [0.25, 0.3) is 10.0 Å². The molecule has 148 valence electrons. The van der Waals surface area contributed by atoms with Gasteiger partial charge in [0.05, 0.1) is 10.6 Å². The molecule has 0 saturated heterocycles. The predicted molar refractivity (Wildman–Crippen MR) is 111 cm³/mol. The van der Waals surface area contributed by atoms with Gasteiger partial charge < -0.3 is 5.32 Å². The minimum Gasteiger partial charge on any atom is -0.326 e. The van der Waals surface area contributed by atoms with Crippen LogP contribution in [-0.4, -0.2) is 20.9 Å². The summed E-state index contributed by atoms with van der Waals surface area (Å²) in [6, 6.07) is 14.1. The molecule has 0 atom stereocenters. The third-order valence-corrected chi connectivity index (χ3v) is 7.55. The standard InChI is InChI=1S/C22H26N2O3S/c25-22(15-17-7-4-5-8-17)23-19-13-12-18-9-6-14-24(21(18)16-19)28(26,27)20-10-2-1-3-11-20/h1-3,10-13,16-17H,4-9,14-15H2,(H,23,25). The fraction of sp³-hybridized carbons (Fsp3) is 0.409. The zero-order chi connectivity index (χ0) is 19.6. The summed E-state index contributed by atoms with van der Waals surface area (Å²) in [5.41, 5.74) is 2.34. The molecule has 2 aromatic carbocycles. The molecule has 2 aliphatic rings. The van der Waals surface area contributed by atoms with Gasteiger partial charge >= 0.3 is 0 Å². The molecule has 1 aliphatic heterocycles. The van der Waals surface area contributed by atoms with E-state index in [1.165, 1.54) is 17.1 Å². The second-order valence-electron chi connectivity index (χ2n) is 7.74. The fourth-order valence-electron chi connectivity index (χ4n) is 4.28. The Hall–Kier alpha value is -2.34. The maximum atomic E-state index is 13.2. The van der Waals surface area contributed by atoms with Crippen LogP contribution in [0.1, 0.15) is 44.1 Å². The largest absolute Gasteiger partial charge is 0.326 e. The quantitative estimate of drug-likeness (QED) is 0.814. The molecule has 1 fully saturated rings. The lowest BCUT2D eigenvalue weighted by Crippen LogP contribution is -2.35. The van der Waals surface area contributed by atoms with Crippen molar-refractivity contribution < 1.29 is 13.2 Å². The van der Waals surface area contributed by atoms with Crippen LogP contribution >= 0.6 is 0 Å². The molecule has 1 saturated carbocycles. The highest BCUT2D eigenvalue weighted by Gasteiger charge is 2.29. The Morgan fingerprint density at radius 2 is 1.79 bits per heavy atom. The number of nitrogens with zero attached hydrogens (tertiary/aromatic N) is 1. The highest BCUT2D eigenvalue weighted by Crippen LogP contribution is 2.34. The predicted octanol–water partition coefficient (Wildman–Crippen LogP) is 4.35. The molecule has 1 N–H and O–H groups in total. The first-order valence-corrected chi connectivity index (χ1v) is 11.5. The zero-order valence-electron chi connectivity index (χ0n) is 15.9. The molecule has 0 unspecified atom stereocenters. The van der Waals surface area contributed by atoms with Crippen LogP contribution in [0.4, 0.5) is 11.4 Å². The molecule has 5 nitrogen and oxygen atoms in total. The Kier molecular flexibility index (Phi) is 5.40. The van der Waals surface area contributed by atoms with E-state index in [4.69, 9.17) is 0 Å². The molecule has 1 aliphatic carbocycles. The second kappa shape index (κ2) is 7.95. The van der Waals surface area contributed by atoms with Gasteiger partial charge in [0.2, 0.25) is 5.91 Å². The number of aryl methyl sites for hydroxylation is 1. The smallest absolute Gasteiger partial charge is 0.264 e. The van der Waals surface area contributed by atoms with E-state index in [-0.39, 0.29) is 5.91 Å². The number of fused-ring (bicyclic) bond motifs is 1. The van der Waals surface area contributed by atoms with Crippen LogP contribution in [0, 0.1) is 5.92 Å². The molecule has 6 heteroatoms. The third kappa shape index (κ3) is 3.92. The normalized spacial score (nSPS) is 17.4. The van der Waals surface area contributed by atoms with Crippen molar-refractivity contribution in [3.8, 4) is 0 Å². The second-order valence-corrected chi connectivity index (χ2v) is 9.60. The lowest BCUT2D eigenvalue weighted by atomic mass is 10.0. The van der Waals surface area contributed by atoms with Crippen molar-refractivity contribution >= 4 is 27.3 Å². The van der Waals surface area contributed by atoms with E-state index in [1.807, 2.05) is 18.2 Å². The summed E-state index contributed by atoms with van der Waals surface area (Å²) in [6.07, 6.45) is 6.84. The monoisotopic (exact) mass is 398 g/mol. The van der Waals surface area contributed by atoms with E-state index in [0.717, 1.165) is 31.2 Å². The van der Waals surface area contributed by atoms with Gasteiger partial charge in [-0.25, -0.2) is 8.42 Å². The molecule has 0 spiro atoms. The Labute approximate surface area is 166 Å². The molecular weight excluding hydrogens is 372 g/mol. The van der Waals surface area contributed by atoms with Crippen molar-refractivity contribution in [1.82, 2.24) is 0 Å². The number of carbonyl (C=O) groups excluding carboxylic acids is 1. The van der Waals surface area contributed by atoms with Crippen LogP contribution in [0.5, 0.6) is 0 Å². The SMILES string of the molecule is O=C(CC1CCCC1)Nc1ccc2c(c1)N(S(=O)(=O)c1ccccc1)CCC2. The Morgan fingerprint density at radius 1 is 1.04 bits per heavy atom. The van der Waals surface area contributed by atoms with Crippen LogP contribution in [-0.2, 0) is 21.2 Å². The van der Waals surface area contributed by atoms with Gasteiger partial charge in [0.1, 0.15) is 0 Å². The maximum Gasteiger partial charge on any atom is 0.264 e. The van der Waals surface area contributed by atoms with Crippen LogP contribution < -0.4 is 9.62 Å². The Morgan fingerprint density at radius 3 is 2.54 bits per heavy atom. The lowest BCUT2D eigenvalue weighted by molar-refractivity contribution is -0.117. The molecule has 0 radical (unpaired) electrons. The molecule has 1 heterocycles. The van der Waals surface area contributed by atoms with E-state index in [1.54, 1.807) is 30.3 Å². The van der Waals surface area contributed by atoms with Crippen molar-refractivity contribution in [3.63, 3.8) is 0 Å². The van der Waals surface area contributed by atoms with Crippen molar-refractivity contribution in [1.29, 1.82) is 0 Å². The maximum absolute atomic E-state index is 13.2. The number of nitrogens with one attached hydrogen (secondary N) is 1. The van der Waals surface area contributed by atoms with Gasteiger partial charge in [0, 0.05) is 18.7 Å². The molecule has 1 amide bonds. The number of sulfonamides is 1. The molecule has 28 heavy (non-hydrogen) atoms. The van der Waals surface area contributed by atoms with Gasteiger partial charge in [-0.3, -0.25) is 9.10 Å². The van der Waals surface area contributed by atoms with Crippen molar-refractivity contribution in [2.45, 2.75) is 49.8 Å². The van der Waals surface area contributed by atoms with E-state index >= 15 is 0 Å². The number of hydrogen-bond donors (Lipinski definition) is 1. The van der Waals surface area contributed by atoms with Gasteiger partial charge in [-0.15, -0.1) is 0 Å². The van der Waals surface area contributed by atoms with Crippen LogP contribution in [0.2, 0.25) is 0 Å². The summed E-state index contributed by atoms with van der Waals surface area (Å²) >= 11 is 0. The summed E-state index contributed by atoms with van der Waals surface area (Å²) < 4.78 is 27.8. The van der Waals surface area contributed by atoms with Crippen molar-refractivity contribution in [2.75, 3.05) is 16.2 Å². The number of amides is 1. The molecule has 4 rings (SSSR count). The van der Waals surface area contributed by atoms with Crippen LogP contribution in [0.15, 0.2) is 53.4 Å². The van der Waals surface area contributed by atoms with E-state index in [0.29, 0.717) is 35.2 Å². The topological polar surface area (TPSA) is 66.5 Å². The average molecular weight is 399 g/mol. The zero-order valence-corrected chi connectivity index (χ0v) is 16.7. The fourth-order valence-corrected chi connectivity index (χ4v) is 5.83. The number of hydrogen-bond acceptors (Lipinski definition) is 3. The van der Waals surface area contributed by atoms with Gasteiger partial charge in [-0.1, -0.05) is 37.1 Å². The minimum atomic E-state index is -3.62. The first-order valence-electron chi connectivity index (χ1n) is 10.0. The summed E-state index contributed by atoms with van der Waals surface area (Å²) in [5.74, 6) is 0.493. The number of rotatable bonds is 5. The molecular formula is C22H26N2O3S. The number of carbonyl (C=O) groups is 1. The third-order valence-electron chi connectivity index (χ3n) is 5.73. The average Bonchev–Trinajstić information content (AvgIpc) is 3.21. The van der Waals surface area contributed by atoms with Gasteiger partial charge in [-0.2, -0.15) is 0 Å². The van der Waals surface area contributed by atoms with Crippen LogP contribution in [0.3, 0.4) is 0 Å². The Balaban J connectivity index is 1.58. The number of benzene rings is 2. The molecule has 2 aromatic rings. The van der Waals surface area contributed by atoms with E-state index in [2.05, 4.69) is 5.32 Å². The summed E-state index contributed by atoms with van der Waals surface area (Å²) in [7, 11) is -3.62. The minimum absolute atomic E-state index is 0.0140. The van der Waals surface area contributed by atoms with Gasteiger partial charge in [0.15, 0.2) is 0 Å². The van der Waals surface area contributed by atoms with Crippen LogP contribution in [0.25, 0.3) is 0 Å². The highest BCUT2D eigenvalue weighted by atomic mass is 32.2. The summed E-state index contributed by atoms with van der Waals surface area (Å²) in [6.45, 7) is 0.448. The Bertz CT molecular complexity index is 951. The van der Waals surface area contributed by atoms with E-state index in [9.17, 15) is 13.2 Å². The molecule has 0 bridgehead atoms. The van der Waals surface area contributed by atoms with Crippen molar-refractivity contribution in [2.24, 2.45) is 5.92 Å². The first kappa shape index (κ1) is 19.0. The summed E-state index contributed by atoms with van der Waals surface area (Å²) in [4.78, 5) is 12.7. The summed E-state index contributed by atoms with van der Waals surface area (Å²) in [5, 5.41) is 2.97. The highest BCUT2D eigenvalue weighted by molar-refractivity contribution is 7.92. The lowest BCUT2D eigenvalue weighted by Gasteiger charge is -2.31.